The Kier molecular flexibility index (Phi) is 4.11. The summed E-state index contributed by atoms with van der Waals surface area (Å²) >= 11 is 0. The summed E-state index contributed by atoms with van der Waals surface area (Å²) < 4.78 is 17.8. The van der Waals surface area contributed by atoms with Crippen molar-refractivity contribution in [3.8, 4) is 0 Å². The number of carbonyl (C=O) groups is 1. The van der Waals surface area contributed by atoms with E-state index in [1.807, 2.05) is 36.9 Å². The van der Waals surface area contributed by atoms with Crippen molar-refractivity contribution >= 4 is 5.91 Å². The zero-order chi connectivity index (χ0) is 16.7. The zero-order valence-electron chi connectivity index (χ0n) is 14.3. The Morgan fingerprint density at radius 1 is 1.29 bits per heavy atom. The molecular weight excluding hydrogens is 306 g/mol. The second kappa shape index (κ2) is 6.14. The van der Waals surface area contributed by atoms with E-state index in [9.17, 15) is 4.79 Å². The average molecular weight is 331 g/mol. The first-order valence-electron chi connectivity index (χ1n) is 8.83. The first-order chi connectivity index (χ1) is 11.6. The van der Waals surface area contributed by atoms with Gasteiger partial charge in [0.2, 0.25) is 5.91 Å². The molecule has 1 aromatic carbocycles. The number of ether oxygens (including phenoxy) is 3. The van der Waals surface area contributed by atoms with Crippen LogP contribution in [0.25, 0.3) is 0 Å². The normalized spacial score (nSPS) is 34.8. The molecule has 3 saturated heterocycles. The Balaban J connectivity index is 1.44. The summed E-state index contributed by atoms with van der Waals surface area (Å²) in [5.74, 6) is -0.535. The molecule has 3 fully saturated rings. The molecule has 0 bridgehead atoms. The van der Waals surface area contributed by atoms with Gasteiger partial charge < -0.3 is 19.1 Å². The van der Waals surface area contributed by atoms with Crippen LogP contribution in [0.15, 0.2) is 30.3 Å². The van der Waals surface area contributed by atoms with E-state index in [2.05, 4.69) is 12.1 Å². The fourth-order valence-electron chi connectivity index (χ4n) is 4.15. The molecule has 5 nitrogen and oxygen atoms in total. The van der Waals surface area contributed by atoms with Gasteiger partial charge in [0.05, 0.1) is 37.4 Å². The summed E-state index contributed by atoms with van der Waals surface area (Å²) in [5, 5.41) is 0. The van der Waals surface area contributed by atoms with Crippen LogP contribution >= 0.6 is 0 Å². The van der Waals surface area contributed by atoms with Gasteiger partial charge in [-0.15, -0.1) is 0 Å². The quantitative estimate of drug-likeness (QED) is 0.795. The number of benzene rings is 1. The molecule has 0 aliphatic carbocycles. The minimum Gasteiger partial charge on any atom is -0.371 e. The van der Waals surface area contributed by atoms with Crippen molar-refractivity contribution in [1.29, 1.82) is 0 Å². The largest absolute Gasteiger partial charge is 0.371 e. The van der Waals surface area contributed by atoms with E-state index in [0.29, 0.717) is 13.2 Å². The number of carbonyl (C=O) groups excluding carboxylic acids is 1. The van der Waals surface area contributed by atoms with Gasteiger partial charge in [0, 0.05) is 6.54 Å². The van der Waals surface area contributed by atoms with Gasteiger partial charge in [-0.05, 0) is 32.3 Å². The first-order valence-corrected chi connectivity index (χ1v) is 8.83. The molecule has 1 amide bonds. The maximum absolute atomic E-state index is 12.5. The number of piperidine rings is 1. The van der Waals surface area contributed by atoms with Crippen molar-refractivity contribution in [2.45, 2.75) is 57.3 Å². The van der Waals surface area contributed by atoms with Crippen LogP contribution < -0.4 is 0 Å². The third-order valence-corrected chi connectivity index (χ3v) is 5.30. The zero-order valence-corrected chi connectivity index (χ0v) is 14.3. The highest BCUT2D eigenvalue weighted by atomic mass is 16.7. The van der Waals surface area contributed by atoms with Crippen LogP contribution in [-0.4, -0.2) is 48.0 Å². The second-order valence-corrected chi connectivity index (χ2v) is 7.39. The third kappa shape index (κ3) is 2.85. The third-order valence-electron chi connectivity index (χ3n) is 5.30. The van der Waals surface area contributed by atoms with Crippen molar-refractivity contribution in [3.63, 3.8) is 0 Å². The monoisotopic (exact) mass is 331 g/mol. The smallest absolute Gasteiger partial charge is 0.230 e. The van der Waals surface area contributed by atoms with Crippen LogP contribution in [0.4, 0.5) is 0 Å². The number of β-lactam (4-membered cyclic amide) rings is 1. The Morgan fingerprint density at radius 2 is 2.08 bits per heavy atom. The maximum atomic E-state index is 12.5. The summed E-state index contributed by atoms with van der Waals surface area (Å²) in [5.41, 5.74) is 1.17. The average Bonchev–Trinajstić information content (AvgIpc) is 2.93. The Labute approximate surface area is 142 Å². The minimum atomic E-state index is -0.597. The predicted molar refractivity (Wildman–Crippen MR) is 88.1 cm³/mol. The summed E-state index contributed by atoms with van der Waals surface area (Å²) in [6.07, 6.45) is 1.92. The molecule has 3 aliphatic heterocycles. The number of fused-ring (bicyclic) bond motifs is 1. The summed E-state index contributed by atoms with van der Waals surface area (Å²) in [6, 6.07) is 10.3. The standard InChI is InChI=1S/C19H25NO4/c1-19(2)23-12-15(24-19)16-17-14(9-6-10-20(17)18(16)21)22-11-13-7-4-3-5-8-13/h3-5,7-8,14-17H,6,9-12H2,1-2H3/t14-,15+,16-,17-/m0/s1. The second-order valence-electron chi connectivity index (χ2n) is 7.39. The molecule has 3 aliphatic rings. The molecule has 0 spiro atoms. The van der Waals surface area contributed by atoms with Crippen LogP contribution in [0.3, 0.4) is 0 Å². The van der Waals surface area contributed by atoms with Crippen LogP contribution in [0, 0.1) is 5.92 Å². The van der Waals surface area contributed by atoms with Gasteiger partial charge in [0.1, 0.15) is 0 Å². The highest BCUT2D eigenvalue weighted by Crippen LogP contribution is 2.42. The molecule has 1 aromatic rings. The number of rotatable bonds is 4. The number of nitrogens with zero attached hydrogens (tertiary/aromatic N) is 1. The van der Waals surface area contributed by atoms with Crippen LogP contribution in [0.5, 0.6) is 0 Å². The van der Waals surface area contributed by atoms with Crippen molar-refractivity contribution in [1.82, 2.24) is 4.90 Å². The molecule has 0 aromatic heterocycles. The van der Waals surface area contributed by atoms with Gasteiger partial charge in [-0.2, -0.15) is 0 Å². The summed E-state index contributed by atoms with van der Waals surface area (Å²) in [7, 11) is 0. The van der Waals surface area contributed by atoms with E-state index in [1.165, 1.54) is 5.56 Å². The summed E-state index contributed by atoms with van der Waals surface area (Å²) in [6.45, 7) is 5.71. The Bertz CT molecular complexity index is 603. The van der Waals surface area contributed by atoms with Gasteiger partial charge >= 0.3 is 0 Å². The van der Waals surface area contributed by atoms with Crippen LogP contribution in [-0.2, 0) is 25.6 Å². The van der Waals surface area contributed by atoms with Gasteiger partial charge in [0.15, 0.2) is 5.79 Å². The molecule has 3 heterocycles. The van der Waals surface area contributed by atoms with E-state index in [1.54, 1.807) is 0 Å². The molecule has 4 rings (SSSR count). The molecule has 0 saturated carbocycles. The van der Waals surface area contributed by atoms with E-state index in [0.717, 1.165) is 19.4 Å². The van der Waals surface area contributed by atoms with E-state index >= 15 is 0 Å². The van der Waals surface area contributed by atoms with Crippen molar-refractivity contribution < 1.29 is 19.0 Å². The molecule has 0 unspecified atom stereocenters. The molecule has 4 atom stereocenters. The number of hydrogen-bond acceptors (Lipinski definition) is 4. The van der Waals surface area contributed by atoms with Crippen molar-refractivity contribution in [3.05, 3.63) is 35.9 Å². The van der Waals surface area contributed by atoms with Crippen molar-refractivity contribution in [2.75, 3.05) is 13.2 Å². The fourth-order valence-corrected chi connectivity index (χ4v) is 4.15. The van der Waals surface area contributed by atoms with Crippen molar-refractivity contribution in [2.24, 2.45) is 5.92 Å². The Hall–Kier alpha value is -1.43. The molecular formula is C19H25NO4. The lowest BCUT2D eigenvalue weighted by atomic mass is 9.76. The summed E-state index contributed by atoms with van der Waals surface area (Å²) in [4.78, 5) is 14.5. The number of amides is 1. The first kappa shape index (κ1) is 16.1. The van der Waals surface area contributed by atoms with Crippen LogP contribution in [0.2, 0.25) is 0 Å². The van der Waals surface area contributed by atoms with E-state index < -0.39 is 5.79 Å². The lowest BCUT2D eigenvalue weighted by Crippen LogP contribution is -2.71. The lowest BCUT2D eigenvalue weighted by molar-refractivity contribution is -0.197. The number of hydrogen-bond donors (Lipinski definition) is 0. The molecule has 0 radical (unpaired) electrons. The topological polar surface area (TPSA) is 48.0 Å². The molecule has 24 heavy (non-hydrogen) atoms. The Morgan fingerprint density at radius 3 is 2.79 bits per heavy atom. The molecule has 130 valence electrons. The van der Waals surface area contributed by atoms with Gasteiger partial charge in [-0.25, -0.2) is 0 Å². The van der Waals surface area contributed by atoms with Gasteiger partial charge in [0.25, 0.3) is 0 Å². The minimum absolute atomic E-state index is 0.0777. The molecule has 5 heteroatoms. The fraction of sp³-hybridized carbons (Fsp3) is 0.632. The molecule has 0 N–H and O–H groups in total. The van der Waals surface area contributed by atoms with Gasteiger partial charge in [-0.1, -0.05) is 30.3 Å². The van der Waals surface area contributed by atoms with E-state index in [4.69, 9.17) is 14.2 Å². The maximum Gasteiger partial charge on any atom is 0.230 e. The highest BCUT2D eigenvalue weighted by molar-refractivity contribution is 5.87. The van der Waals surface area contributed by atoms with Gasteiger partial charge in [-0.3, -0.25) is 4.79 Å². The highest BCUT2D eigenvalue weighted by Gasteiger charge is 2.58. The van der Waals surface area contributed by atoms with E-state index in [-0.39, 0.29) is 30.1 Å². The predicted octanol–water partition coefficient (Wildman–Crippen LogP) is 2.34. The lowest BCUT2D eigenvalue weighted by Gasteiger charge is -2.54. The van der Waals surface area contributed by atoms with Crippen LogP contribution in [0.1, 0.15) is 32.3 Å². The SMILES string of the molecule is CC1(C)OC[C@H]([C@@H]2C(=O)N3CCC[C@H](OCc4ccccc4)[C@@H]23)O1.